The number of hydrazine groups is 1. The molecule has 1 aliphatic rings. The normalized spacial score (nSPS) is 12.2. The number of hydrogen-bond acceptors (Lipinski definition) is 21. The van der Waals surface area contributed by atoms with Gasteiger partial charge in [0.15, 0.2) is 0 Å². The van der Waals surface area contributed by atoms with Crippen LogP contribution < -0.4 is 38.6 Å². The van der Waals surface area contributed by atoms with Gasteiger partial charge in [0.25, 0.3) is 11.8 Å². The van der Waals surface area contributed by atoms with Crippen molar-refractivity contribution in [1.29, 1.82) is 0 Å². The second-order valence-corrected chi connectivity index (χ2v) is 16.8. The van der Waals surface area contributed by atoms with Gasteiger partial charge in [-0.15, -0.1) is 0 Å². The van der Waals surface area contributed by atoms with E-state index in [2.05, 4.69) is 35.1 Å². The lowest BCUT2D eigenvalue weighted by Crippen LogP contribution is -2.39. The number of benzene rings is 1. The predicted molar refractivity (Wildman–Crippen MR) is 294 cm³/mol. The van der Waals surface area contributed by atoms with Crippen LogP contribution in [0.1, 0.15) is 50.7 Å². The zero-order valence-corrected chi connectivity index (χ0v) is 47.0. The Hall–Kier alpha value is -5.79. The van der Waals surface area contributed by atoms with E-state index in [1.807, 2.05) is 0 Å². The van der Waals surface area contributed by atoms with Gasteiger partial charge < -0.3 is 94.8 Å². The Labute approximate surface area is 466 Å². The molecule has 2 rings (SSSR count). The number of nitrogens with two attached hydrogens (primary N) is 3. The van der Waals surface area contributed by atoms with Crippen molar-refractivity contribution in [2.24, 2.45) is 17.3 Å². The molecule has 0 aromatic heterocycles. The van der Waals surface area contributed by atoms with Crippen molar-refractivity contribution < 1.29 is 80.9 Å². The fraction of sp³-hybridized carbons (Fsp3) is 0.667. The minimum atomic E-state index is -0.616. The number of ether oxygens (including phenoxy) is 10. The van der Waals surface area contributed by atoms with E-state index >= 15 is 0 Å². The van der Waals surface area contributed by atoms with Crippen molar-refractivity contribution in [3.05, 3.63) is 53.4 Å². The quantitative estimate of drug-likeness (QED) is 0.0110. The van der Waals surface area contributed by atoms with E-state index in [0.717, 1.165) is 16.0 Å². The van der Waals surface area contributed by atoms with Gasteiger partial charge in [-0.25, -0.2) is 15.4 Å². The molecule has 0 aliphatic carbocycles. The topological polar surface area (TPSA) is 348 Å². The lowest BCUT2D eigenvalue weighted by atomic mass is 9.92. The molecule has 1 heterocycles. The fourth-order valence-electron chi connectivity index (χ4n) is 6.15. The largest absolute Gasteiger partial charge is 0.443 e. The molecule has 0 saturated carbocycles. The van der Waals surface area contributed by atoms with Crippen LogP contribution in [0.4, 0.5) is 15.3 Å². The van der Waals surface area contributed by atoms with Crippen LogP contribution in [-0.2, 0) is 84.2 Å². The third-order valence-electron chi connectivity index (χ3n) is 10.1. The standard InChI is InChI=1S/C37H67BN8O12.C11H14N2O5.C3H8/c1-42-34(5-4-8-43-36(40)48)35(47)44-33-7-6-30(26-38)31(25-33)27-45(2)37(49)58-29-32(39)28-46(41)9-10-51-13-14-53-17-18-55-21-22-57-24-23-56-20-19-54-16-15-52-12-11-50-3;14-6-4-12-9(15)3-7-18-8-5-13-10(16)1-2-11(13)17;1-3-2/h6-7,25,28,34,42H,4-5,8-24,26-27,29,39,41H2,1-3H3,(H,44,47)(H3,40,43,48);1-2,6H,3-5,7-8H2,(H,12,15);3H2,1-2H3/b32-28-;;/t34-;;/m0../s1. The molecule has 79 heavy (non-hydrogen) atoms. The van der Waals surface area contributed by atoms with Crippen molar-refractivity contribution in [2.75, 3.05) is 172 Å². The van der Waals surface area contributed by atoms with Crippen LogP contribution in [0.2, 0.25) is 0 Å². The number of methoxy groups -OCH3 is 1. The van der Waals surface area contributed by atoms with Crippen LogP contribution in [0.25, 0.3) is 0 Å². The van der Waals surface area contributed by atoms with E-state index in [1.165, 1.54) is 34.7 Å². The highest BCUT2D eigenvalue weighted by Gasteiger charge is 2.23. The molecule has 448 valence electrons. The Morgan fingerprint density at radius 3 is 1.76 bits per heavy atom. The van der Waals surface area contributed by atoms with Crippen molar-refractivity contribution in [1.82, 2.24) is 30.8 Å². The summed E-state index contributed by atoms with van der Waals surface area (Å²) in [6.45, 7) is 12.5. The number of rotatable bonds is 45. The fourth-order valence-corrected chi connectivity index (χ4v) is 6.15. The van der Waals surface area contributed by atoms with E-state index in [4.69, 9.17) is 72.5 Å². The molecule has 0 spiro atoms. The highest BCUT2D eigenvalue weighted by molar-refractivity contribution is 6.12. The third kappa shape index (κ3) is 41.0. The summed E-state index contributed by atoms with van der Waals surface area (Å²) >= 11 is 0. The Morgan fingerprint density at radius 2 is 1.27 bits per heavy atom. The molecule has 1 aromatic rings. The maximum Gasteiger partial charge on any atom is 0.410 e. The van der Waals surface area contributed by atoms with Crippen LogP contribution in [0.5, 0.6) is 0 Å². The van der Waals surface area contributed by atoms with Gasteiger partial charge in [-0.2, -0.15) is 0 Å². The maximum atomic E-state index is 12.9. The number of primary amides is 1. The van der Waals surface area contributed by atoms with Gasteiger partial charge in [0.05, 0.1) is 152 Å². The van der Waals surface area contributed by atoms with Crippen LogP contribution in [0.3, 0.4) is 0 Å². The van der Waals surface area contributed by atoms with E-state index in [9.17, 15) is 33.6 Å². The molecule has 2 radical (unpaired) electrons. The molecule has 1 atom stereocenters. The van der Waals surface area contributed by atoms with Gasteiger partial charge in [-0.3, -0.25) is 24.1 Å². The van der Waals surface area contributed by atoms with Crippen molar-refractivity contribution >= 4 is 55.6 Å². The van der Waals surface area contributed by atoms with Gasteiger partial charge in [0, 0.05) is 57.7 Å². The van der Waals surface area contributed by atoms with Gasteiger partial charge in [0.2, 0.25) is 11.8 Å². The van der Waals surface area contributed by atoms with E-state index < -0.39 is 18.2 Å². The molecular formula is C51H89BN10O17. The average molecular weight is 1130 g/mol. The van der Waals surface area contributed by atoms with E-state index in [1.54, 1.807) is 39.4 Å². The smallest absolute Gasteiger partial charge is 0.410 e. The number of anilines is 1. The summed E-state index contributed by atoms with van der Waals surface area (Å²) in [7, 11) is 10.8. The summed E-state index contributed by atoms with van der Waals surface area (Å²) in [6.07, 6.45) is 6.50. The number of urea groups is 1. The highest BCUT2D eigenvalue weighted by Crippen LogP contribution is 2.19. The number of amides is 7. The molecule has 0 bridgehead atoms. The summed E-state index contributed by atoms with van der Waals surface area (Å²) in [4.78, 5) is 82.2. The molecule has 28 heteroatoms. The molecule has 27 nitrogen and oxygen atoms in total. The number of likely N-dealkylation sites (N-methyl/N-ethyl adjacent to an activating group) is 1. The molecular weight excluding hydrogens is 1040 g/mol. The first-order valence-corrected chi connectivity index (χ1v) is 26.2. The lowest BCUT2D eigenvalue weighted by molar-refractivity contribution is -0.138. The summed E-state index contributed by atoms with van der Waals surface area (Å²) in [6, 6.07) is 4.19. The minimum absolute atomic E-state index is 0.0126. The van der Waals surface area contributed by atoms with Crippen molar-refractivity contribution in [3.8, 4) is 0 Å². The summed E-state index contributed by atoms with van der Waals surface area (Å²) in [5, 5.41) is 12.1. The highest BCUT2D eigenvalue weighted by atomic mass is 16.6. The first kappa shape index (κ1) is 73.2. The summed E-state index contributed by atoms with van der Waals surface area (Å²) < 4.78 is 53.5. The zero-order chi connectivity index (χ0) is 58.7. The summed E-state index contributed by atoms with van der Waals surface area (Å²) in [5.74, 6) is 4.75. The second kappa shape index (κ2) is 50.4. The van der Waals surface area contributed by atoms with Crippen molar-refractivity contribution in [2.45, 2.75) is 58.4 Å². The Balaban J connectivity index is 0.00000240. The molecule has 7 amide bonds. The Kier molecular flexibility index (Phi) is 46.7. The lowest BCUT2D eigenvalue weighted by Gasteiger charge is -2.21. The number of hydrogen-bond donors (Lipinski definition) is 7. The first-order chi connectivity index (χ1) is 38.2. The molecule has 1 aromatic carbocycles. The van der Waals surface area contributed by atoms with Gasteiger partial charge in [-0.1, -0.05) is 38.2 Å². The number of aldehydes is 1. The molecule has 10 N–H and O–H groups in total. The van der Waals surface area contributed by atoms with Gasteiger partial charge >= 0.3 is 12.1 Å². The number of nitrogens with zero attached hydrogens (tertiary/aromatic N) is 3. The van der Waals surface area contributed by atoms with E-state index in [-0.39, 0.29) is 81.5 Å². The van der Waals surface area contributed by atoms with Crippen LogP contribution in [0, 0.1) is 0 Å². The Bertz CT molecular complexity index is 1870. The maximum absolute atomic E-state index is 12.9. The average Bonchev–Trinajstić information content (AvgIpc) is 3.75. The van der Waals surface area contributed by atoms with Crippen LogP contribution in [-0.4, -0.2) is 237 Å². The predicted octanol–water partition coefficient (Wildman–Crippen LogP) is -0.314. The van der Waals surface area contributed by atoms with Crippen molar-refractivity contribution in [3.63, 3.8) is 0 Å². The number of imide groups is 1. The molecule has 0 unspecified atom stereocenters. The number of nitrogens with one attached hydrogen (secondary N) is 4. The molecule has 1 aliphatic heterocycles. The minimum Gasteiger partial charge on any atom is -0.443 e. The third-order valence-corrected chi connectivity index (χ3v) is 10.1. The monoisotopic (exact) mass is 1120 g/mol. The molecule has 0 fully saturated rings. The van der Waals surface area contributed by atoms with Gasteiger partial charge in [-0.05, 0) is 37.6 Å². The van der Waals surface area contributed by atoms with Crippen LogP contribution in [0.15, 0.2) is 42.2 Å². The van der Waals surface area contributed by atoms with E-state index in [0.29, 0.717) is 137 Å². The first-order valence-electron chi connectivity index (χ1n) is 26.2. The number of carbonyl (C=O) groups excluding carboxylic acids is 7. The summed E-state index contributed by atoms with van der Waals surface area (Å²) in [5.41, 5.74) is 13.4. The van der Waals surface area contributed by atoms with Crippen LogP contribution >= 0.6 is 0 Å². The number of carbonyl (C=O) groups is 7. The molecule has 0 saturated heterocycles. The zero-order valence-electron chi connectivity index (χ0n) is 47.0. The SMILES string of the molecule is CCC.O=CCNC(=O)CCOCCN1C(=O)C=CC1=O.[B]Cc1ccc(NC(=O)[C@H](CCCNC(N)=O)NC)cc1CN(C)C(=O)OC/C(N)=C/N(N)CCOCCOCCOCCOCCOCCOCCOCCOC. The second-order valence-electron chi connectivity index (χ2n) is 16.8. The van der Waals surface area contributed by atoms with Gasteiger partial charge in [0.1, 0.15) is 12.9 Å². The Morgan fingerprint density at radius 1 is 0.747 bits per heavy atom.